The van der Waals surface area contributed by atoms with Gasteiger partial charge >= 0.3 is 0 Å². The van der Waals surface area contributed by atoms with Gasteiger partial charge < -0.3 is 5.32 Å². The lowest BCUT2D eigenvalue weighted by molar-refractivity contribution is 0.556. The molecule has 0 amide bonds. The Bertz CT molecular complexity index is 152. The fourth-order valence-electron chi connectivity index (χ4n) is 1.24. The Kier molecular flexibility index (Phi) is 4.16. The molecule has 0 heterocycles. The van der Waals surface area contributed by atoms with Gasteiger partial charge in [-0.05, 0) is 38.2 Å². The maximum atomic E-state index is 4.02. The number of hydrogen-bond donors (Lipinski definition) is 1. The molecule has 0 bridgehead atoms. The monoisotopic (exact) mass is 185 g/mol. The van der Waals surface area contributed by atoms with E-state index in [9.17, 15) is 0 Å². The molecule has 0 aromatic rings. The first-order valence-electron chi connectivity index (χ1n) is 4.64. The van der Waals surface area contributed by atoms with Crippen LogP contribution >= 0.6 is 11.8 Å². The van der Waals surface area contributed by atoms with Gasteiger partial charge in [0.05, 0.1) is 0 Å². The van der Waals surface area contributed by atoms with Crippen molar-refractivity contribution in [2.75, 3.05) is 12.0 Å². The van der Waals surface area contributed by atoms with Crippen LogP contribution in [0.2, 0.25) is 0 Å². The van der Waals surface area contributed by atoms with Gasteiger partial charge in [0.1, 0.15) is 0 Å². The minimum atomic E-state index is 0.560. The largest absolute Gasteiger partial charge is 0.307 e. The van der Waals surface area contributed by atoms with Crippen LogP contribution in [0.4, 0.5) is 0 Å². The van der Waals surface area contributed by atoms with Crippen molar-refractivity contribution in [2.45, 2.75) is 38.3 Å². The second kappa shape index (κ2) is 4.93. The molecular weight excluding hydrogens is 166 g/mol. The first-order valence-corrected chi connectivity index (χ1v) is 6.04. The molecule has 2 heteroatoms. The molecule has 1 fully saturated rings. The van der Waals surface area contributed by atoms with Gasteiger partial charge in [-0.25, -0.2) is 0 Å². The van der Waals surface area contributed by atoms with Crippen LogP contribution in [0.15, 0.2) is 12.2 Å². The van der Waals surface area contributed by atoms with E-state index in [4.69, 9.17) is 0 Å². The minimum Gasteiger partial charge on any atom is -0.307 e. The number of rotatable bonds is 6. The lowest BCUT2D eigenvalue weighted by Gasteiger charge is -2.17. The maximum absolute atomic E-state index is 4.02. The molecule has 1 nitrogen and oxygen atoms in total. The lowest BCUT2D eigenvalue weighted by Crippen LogP contribution is -2.32. The minimum absolute atomic E-state index is 0.560. The Morgan fingerprint density at radius 2 is 2.33 bits per heavy atom. The van der Waals surface area contributed by atoms with E-state index in [2.05, 4.69) is 25.1 Å². The van der Waals surface area contributed by atoms with Crippen molar-refractivity contribution in [3.8, 4) is 0 Å². The summed E-state index contributed by atoms with van der Waals surface area (Å²) in [6.07, 6.45) is 6.12. The molecule has 0 radical (unpaired) electrons. The van der Waals surface area contributed by atoms with E-state index in [1.165, 1.54) is 30.6 Å². The summed E-state index contributed by atoms with van der Waals surface area (Å²) in [6, 6.07) is 1.36. The van der Waals surface area contributed by atoms with Gasteiger partial charge in [0.15, 0.2) is 0 Å². The van der Waals surface area contributed by atoms with Crippen LogP contribution < -0.4 is 5.32 Å². The zero-order chi connectivity index (χ0) is 8.97. The van der Waals surface area contributed by atoms with Gasteiger partial charge in [-0.15, -0.1) is 0 Å². The first kappa shape index (κ1) is 10.1. The summed E-state index contributed by atoms with van der Waals surface area (Å²) in [5.41, 5.74) is 1.29. The zero-order valence-corrected chi connectivity index (χ0v) is 8.91. The SMILES string of the molecule is C=C(C)[C@H](CCSC)NC1CC1. The van der Waals surface area contributed by atoms with Crippen LogP contribution in [0, 0.1) is 0 Å². The molecule has 70 valence electrons. The van der Waals surface area contributed by atoms with Crippen LogP contribution in [0.3, 0.4) is 0 Å². The van der Waals surface area contributed by atoms with Gasteiger partial charge in [0, 0.05) is 12.1 Å². The van der Waals surface area contributed by atoms with Crippen molar-refractivity contribution in [3.05, 3.63) is 12.2 Å². The highest BCUT2D eigenvalue weighted by Gasteiger charge is 2.24. The average molecular weight is 185 g/mol. The summed E-state index contributed by atoms with van der Waals surface area (Å²) >= 11 is 1.91. The molecule has 0 spiro atoms. The van der Waals surface area contributed by atoms with Crippen molar-refractivity contribution in [3.63, 3.8) is 0 Å². The molecule has 1 aliphatic rings. The van der Waals surface area contributed by atoms with Crippen LogP contribution in [0.25, 0.3) is 0 Å². The topological polar surface area (TPSA) is 12.0 Å². The summed E-state index contributed by atoms with van der Waals surface area (Å²) in [7, 11) is 0. The summed E-state index contributed by atoms with van der Waals surface area (Å²) in [4.78, 5) is 0. The van der Waals surface area contributed by atoms with E-state index in [1.54, 1.807) is 0 Å². The highest BCUT2D eigenvalue weighted by molar-refractivity contribution is 7.98. The van der Waals surface area contributed by atoms with Crippen molar-refractivity contribution in [1.82, 2.24) is 5.32 Å². The second-order valence-electron chi connectivity index (χ2n) is 3.62. The summed E-state index contributed by atoms with van der Waals surface area (Å²) in [6.45, 7) is 6.14. The molecule has 12 heavy (non-hydrogen) atoms. The highest BCUT2D eigenvalue weighted by Crippen LogP contribution is 2.21. The van der Waals surface area contributed by atoms with Crippen LogP contribution in [-0.4, -0.2) is 24.1 Å². The highest BCUT2D eigenvalue weighted by atomic mass is 32.2. The molecule has 0 aromatic carbocycles. The van der Waals surface area contributed by atoms with E-state index >= 15 is 0 Å². The van der Waals surface area contributed by atoms with E-state index in [1.807, 2.05) is 11.8 Å². The summed E-state index contributed by atoms with van der Waals surface area (Å²) in [5.74, 6) is 1.23. The van der Waals surface area contributed by atoms with E-state index < -0.39 is 0 Å². The number of thioether (sulfide) groups is 1. The fourth-order valence-corrected chi connectivity index (χ4v) is 1.71. The Morgan fingerprint density at radius 3 is 2.75 bits per heavy atom. The predicted molar refractivity (Wildman–Crippen MR) is 57.8 cm³/mol. The average Bonchev–Trinajstić information content (AvgIpc) is 2.80. The Hall–Kier alpha value is 0.0500. The number of nitrogens with one attached hydrogen (secondary N) is 1. The third-order valence-corrected chi connectivity index (χ3v) is 2.86. The fraction of sp³-hybridized carbons (Fsp3) is 0.800. The third-order valence-electron chi connectivity index (χ3n) is 2.22. The van der Waals surface area contributed by atoms with E-state index in [0.717, 1.165) is 6.04 Å². The smallest absolute Gasteiger partial charge is 0.0284 e. The molecule has 1 aliphatic carbocycles. The van der Waals surface area contributed by atoms with Crippen molar-refractivity contribution < 1.29 is 0 Å². The second-order valence-corrected chi connectivity index (χ2v) is 4.61. The van der Waals surface area contributed by atoms with Crippen molar-refractivity contribution in [1.29, 1.82) is 0 Å². The Balaban J connectivity index is 2.21. The van der Waals surface area contributed by atoms with Crippen molar-refractivity contribution >= 4 is 11.8 Å². The van der Waals surface area contributed by atoms with Crippen molar-refractivity contribution in [2.24, 2.45) is 0 Å². The predicted octanol–water partition coefficient (Wildman–Crippen LogP) is 2.44. The van der Waals surface area contributed by atoms with E-state index in [-0.39, 0.29) is 0 Å². The van der Waals surface area contributed by atoms with Crippen LogP contribution in [-0.2, 0) is 0 Å². The molecule has 1 atom stereocenters. The van der Waals surface area contributed by atoms with Gasteiger partial charge in [-0.3, -0.25) is 0 Å². The maximum Gasteiger partial charge on any atom is 0.0284 e. The molecule has 1 rings (SSSR count). The zero-order valence-electron chi connectivity index (χ0n) is 8.10. The normalized spacial score (nSPS) is 19.2. The molecule has 1 saturated carbocycles. The molecular formula is C10H19NS. The summed E-state index contributed by atoms with van der Waals surface area (Å²) < 4.78 is 0. The molecule has 0 unspecified atom stereocenters. The van der Waals surface area contributed by atoms with Gasteiger partial charge in [-0.2, -0.15) is 11.8 Å². The molecule has 0 saturated heterocycles. The molecule has 0 aromatic heterocycles. The van der Waals surface area contributed by atoms with Gasteiger partial charge in [-0.1, -0.05) is 12.2 Å². The summed E-state index contributed by atoms with van der Waals surface area (Å²) in [5, 5.41) is 3.61. The lowest BCUT2D eigenvalue weighted by atomic mass is 10.1. The Morgan fingerprint density at radius 1 is 1.67 bits per heavy atom. The molecule has 0 aliphatic heterocycles. The van der Waals surface area contributed by atoms with Crippen LogP contribution in [0.5, 0.6) is 0 Å². The first-order chi connectivity index (χ1) is 5.74. The Labute approximate surface area is 80.0 Å². The van der Waals surface area contributed by atoms with Gasteiger partial charge in [0.25, 0.3) is 0 Å². The van der Waals surface area contributed by atoms with Crippen LogP contribution in [0.1, 0.15) is 26.2 Å². The van der Waals surface area contributed by atoms with E-state index in [0.29, 0.717) is 6.04 Å². The number of hydrogen-bond acceptors (Lipinski definition) is 2. The standard InChI is InChI=1S/C10H19NS/c1-8(2)10(6-7-12-3)11-9-4-5-9/h9-11H,1,4-7H2,2-3H3/t10-/m0/s1. The quantitative estimate of drug-likeness (QED) is 0.638. The van der Waals surface area contributed by atoms with Gasteiger partial charge in [0.2, 0.25) is 0 Å². The molecule has 1 N–H and O–H groups in total. The third kappa shape index (κ3) is 3.63.